The Morgan fingerprint density at radius 1 is 1.10 bits per heavy atom. The Kier molecular flexibility index (Phi) is 10.8. The standard InChI is InChI=1S/C22H33N5O.HI/c1-6-23-22(26(5)17-20-10-9-15-25(20)4)24-16-18-11-13-19(14-12-18)21(28)27(7-2)8-3;/h9-15H,6-8,16-17H2,1-5H3,(H,23,24);1H. The molecule has 0 aliphatic heterocycles. The summed E-state index contributed by atoms with van der Waals surface area (Å²) in [5.74, 6) is 0.947. The van der Waals surface area contributed by atoms with Crippen LogP contribution in [0.15, 0.2) is 47.6 Å². The van der Waals surface area contributed by atoms with Crippen molar-refractivity contribution >= 4 is 35.8 Å². The fourth-order valence-electron chi connectivity index (χ4n) is 3.06. The van der Waals surface area contributed by atoms with Gasteiger partial charge in [0.25, 0.3) is 5.91 Å². The lowest BCUT2D eigenvalue weighted by Crippen LogP contribution is -2.38. The SMILES string of the molecule is CCNC(=NCc1ccc(C(=O)N(CC)CC)cc1)N(C)Cc1cccn1C.I. The van der Waals surface area contributed by atoms with Crippen LogP contribution in [0, 0.1) is 0 Å². The Morgan fingerprint density at radius 2 is 1.76 bits per heavy atom. The van der Waals surface area contributed by atoms with Crippen LogP contribution in [0.5, 0.6) is 0 Å². The average molecular weight is 511 g/mol. The number of nitrogens with one attached hydrogen (secondary N) is 1. The topological polar surface area (TPSA) is 52.9 Å². The molecule has 2 rings (SSSR count). The molecule has 0 saturated heterocycles. The maximum absolute atomic E-state index is 12.4. The second-order valence-electron chi connectivity index (χ2n) is 6.81. The zero-order valence-corrected chi connectivity index (χ0v) is 20.5. The number of nitrogens with zero attached hydrogens (tertiary/aromatic N) is 4. The molecule has 6 nitrogen and oxygen atoms in total. The predicted molar refractivity (Wildman–Crippen MR) is 131 cm³/mol. The molecule has 1 aromatic heterocycles. The third-order valence-electron chi connectivity index (χ3n) is 4.81. The van der Waals surface area contributed by atoms with Gasteiger partial charge in [0.1, 0.15) is 0 Å². The number of amides is 1. The maximum atomic E-state index is 12.4. The summed E-state index contributed by atoms with van der Waals surface area (Å²) in [6.07, 6.45) is 2.05. The minimum absolute atomic E-state index is 0. The van der Waals surface area contributed by atoms with Gasteiger partial charge in [-0.3, -0.25) is 4.79 Å². The van der Waals surface area contributed by atoms with Crippen LogP contribution in [-0.4, -0.2) is 52.9 Å². The van der Waals surface area contributed by atoms with Crippen LogP contribution in [-0.2, 0) is 20.1 Å². The molecule has 0 aliphatic rings. The van der Waals surface area contributed by atoms with Crippen LogP contribution in [0.2, 0.25) is 0 Å². The summed E-state index contributed by atoms with van der Waals surface area (Å²) in [5.41, 5.74) is 3.04. The molecule has 0 unspecified atom stereocenters. The Bertz CT molecular complexity index is 781. The number of aliphatic imine (C=N–C) groups is 1. The van der Waals surface area contributed by atoms with Crippen molar-refractivity contribution < 1.29 is 4.79 Å². The Morgan fingerprint density at radius 3 is 2.28 bits per heavy atom. The summed E-state index contributed by atoms with van der Waals surface area (Å²) >= 11 is 0. The highest BCUT2D eigenvalue weighted by molar-refractivity contribution is 14.0. The largest absolute Gasteiger partial charge is 0.357 e. The zero-order chi connectivity index (χ0) is 20.5. The minimum atomic E-state index is 0. The summed E-state index contributed by atoms with van der Waals surface area (Å²) in [6.45, 7) is 9.68. The molecular weight excluding hydrogens is 477 g/mol. The van der Waals surface area contributed by atoms with Crippen molar-refractivity contribution in [3.05, 3.63) is 59.4 Å². The third kappa shape index (κ3) is 7.06. The van der Waals surface area contributed by atoms with Gasteiger partial charge in [0.15, 0.2) is 5.96 Å². The fraction of sp³-hybridized carbons (Fsp3) is 0.455. The van der Waals surface area contributed by atoms with Crippen molar-refractivity contribution in [2.24, 2.45) is 12.0 Å². The highest BCUT2D eigenvalue weighted by atomic mass is 127. The van der Waals surface area contributed by atoms with Gasteiger partial charge in [-0.1, -0.05) is 12.1 Å². The fourth-order valence-corrected chi connectivity index (χ4v) is 3.06. The Balaban J connectivity index is 0.00000420. The van der Waals surface area contributed by atoms with E-state index in [9.17, 15) is 4.79 Å². The van der Waals surface area contributed by atoms with Crippen molar-refractivity contribution in [3.8, 4) is 0 Å². The van der Waals surface area contributed by atoms with Crippen molar-refractivity contribution in [3.63, 3.8) is 0 Å². The summed E-state index contributed by atoms with van der Waals surface area (Å²) in [7, 11) is 4.09. The second kappa shape index (κ2) is 12.5. The van der Waals surface area contributed by atoms with Gasteiger partial charge in [0.05, 0.1) is 13.1 Å². The van der Waals surface area contributed by atoms with Crippen molar-refractivity contribution in [2.45, 2.75) is 33.9 Å². The molecule has 0 fully saturated rings. The van der Waals surface area contributed by atoms with E-state index in [1.54, 1.807) is 0 Å². The van der Waals surface area contributed by atoms with Gasteiger partial charge in [-0.2, -0.15) is 0 Å². The molecule has 0 aliphatic carbocycles. The normalized spacial score (nSPS) is 11.0. The highest BCUT2D eigenvalue weighted by Gasteiger charge is 2.12. The average Bonchev–Trinajstić information content (AvgIpc) is 3.10. The van der Waals surface area contributed by atoms with Crippen LogP contribution in [0.25, 0.3) is 0 Å². The first kappa shape index (κ1) is 25.0. The van der Waals surface area contributed by atoms with Crippen LogP contribution < -0.4 is 5.32 Å². The molecule has 29 heavy (non-hydrogen) atoms. The number of halogens is 1. The second-order valence-corrected chi connectivity index (χ2v) is 6.81. The van der Waals surface area contributed by atoms with E-state index in [4.69, 9.17) is 4.99 Å². The maximum Gasteiger partial charge on any atom is 0.253 e. The van der Waals surface area contributed by atoms with Crippen LogP contribution in [0.4, 0.5) is 0 Å². The van der Waals surface area contributed by atoms with Crippen molar-refractivity contribution in [1.29, 1.82) is 0 Å². The van der Waals surface area contributed by atoms with Crippen molar-refractivity contribution in [2.75, 3.05) is 26.7 Å². The minimum Gasteiger partial charge on any atom is -0.357 e. The highest BCUT2D eigenvalue weighted by Crippen LogP contribution is 2.10. The van der Waals surface area contributed by atoms with Gasteiger partial charge in [-0.15, -0.1) is 24.0 Å². The quantitative estimate of drug-likeness (QED) is 0.334. The van der Waals surface area contributed by atoms with Gasteiger partial charge in [-0.05, 0) is 50.6 Å². The summed E-state index contributed by atoms with van der Waals surface area (Å²) in [5, 5.41) is 3.35. The van der Waals surface area contributed by atoms with E-state index in [0.29, 0.717) is 6.54 Å². The summed E-state index contributed by atoms with van der Waals surface area (Å²) < 4.78 is 2.12. The molecule has 0 spiro atoms. The monoisotopic (exact) mass is 511 g/mol. The molecule has 1 aromatic carbocycles. The molecule has 0 atom stereocenters. The molecule has 1 N–H and O–H groups in total. The van der Waals surface area contributed by atoms with E-state index in [1.165, 1.54) is 5.69 Å². The molecule has 160 valence electrons. The number of carbonyl (C=O) groups excluding carboxylic acids is 1. The van der Waals surface area contributed by atoms with E-state index in [-0.39, 0.29) is 29.9 Å². The summed E-state index contributed by atoms with van der Waals surface area (Å²) in [6, 6.07) is 11.9. The first-order chi connectivity index (χ1) is 13.5. The van der Waals surface area contributed by atoms with E-state index >= 15 is 0 Å². The smallest absolute Gasteiger partial charge is 0.253 e. The Hall–Kier alpha value is -2.03. The third-order valence-corrected chi connectivity index (χ3v) is 4.81. The van der Waals surface area contributed by atoms with Gasteiger partial charge in [0.2, 0.25) is 0 Å². The molecule has 1 amide bonds. The van der Waals surface area contributed by atoms with Crippen LogP contribution in [0.3, 0.4) is 0 Å². The number of hydrogen-bond acceptors (Lipinski definition) is 2. The molecular formula is C22H34IN5O. The number of aryl methyl sites for hydroxylation is 1. The molecule has 2 aromatic rings. The number of guanidine groups is 1. The first-order valence-electron chi connectivity index (χ1n) is 9.97. The predicted octanol–water partition coefficient (Wildman–Crippen LogP) is 3.72. The van der Waals surface area contributed by atoms with E-state index in [1.807, 2.05) is 69.4 Å². The van der Waals surface area contributed by atoms with Crippen LogP contribution >= 0.6 is 24.0 Å². The molecule has 0 bridgehead atoms. The molecule has 0 radical (unpaired) electrons. The summed E-state index contributed by atoms with van der Waals surface area (Å²) in [4.78, 5) is 21.1. The number of benzene rings is 1. The number of aromatic nitrogens is 1. The van der Waals surface area contributed by atoms with Gasteiger partial charge in [0, 0.05) is 51.2 Å². The van der Waals surface area contributed by atoms with Gasteiger partial charge < -0.3 is 19.7 Å². The van der Waals surface area contributed by atoms with Crippen LogP contribution in [0.1, 0.15) is 42.4 Å². The zero-order valence-electron chi connectivity index (χ0n) is 18.2. The van der Waals surface area contributed by atoms with Gasteiger partial charge >= 0.3 is 0 Å². The van der Waals surface area contributed by atoms with E-state index in [0.717, 1.165) is 43.3 Å². The van der Waals surface area contributed by atoms with E-state index < -0.39 is 0 Å². The van der Waals surface area contributed by atoms with Gasteiger partial charge in [-0.25, -0.2) is 4.99 Å². The van der Waals surface area contributed by atoms with E-state index in [2.05, 4.69) is 27.8 Å². The lowest BCUT2D eigenvalue weighted by molar-refractivity contribution is 0.0773. The Labute approximate surface area is 192 Å². The molecule has 1 heterocycles. The number of hydrogen-bond donors (Lipinski definition) is 1. The van der Waals surface area contributed by atoms with Crippen molar-refractivity contribution in [1.82, 2.24) is 19.7 Å². The number of rotatable bonds is 8. The molecule has 7 heteroatoms. The lowest BCUT2D eigenvalue weighted by atomic mass is 10.1. The number of carbonyl (C=O) groups is 1. The molecule has 0 saturated carbocycles. The lowest BCUT2D eigenvalue weighted by Gasteiger charge is -2.22. The first-order valence-corrected chi connectivity index (χ1v) is 9.97.